The molecule has 2 aliphatic rings. The molecule has 0 atom stereocenters. The summed E-state index contributed by atoms with van der Waals surface area (Å²) in [7, 11) is 2.18. The molecular formula is C14H18N2O. The van der Waals surface area contributed by atoms with Gasteiger partial charge < -0.3 is 4.90 Å². The second-order valence-electron chi connectivity index (χ2n) is 5.24. The summed E-state index contributed by atoms with van der Waals surface area (Å²) < 4.78 is 0. The number of hydrogen-bond donors (Lipinski definition) is 0. The van der Waals surface area contributed by atoms with E-state index in [0.29, 0.717) is 5.54 Å². The van der Waals surface area contributed by atoms with Gasteiger partial charge in [-0.2, -0.15) is 0 Å². The van der Waals surface area contributed by atoms with Crippen molar-refractivity contribution in [2.24, 2.45) is 0 Å². The van der Waals surface area contributed by atoms with Gasteiger partial charge in [0, 0.05) is 30.7 Å². The SMILES string of the molecule is CN1CCN(C(=O)c2ccccc2)CC12CC2. The number of nitrogens with zero attached hydrogens (tertiary/aromatic N) is 2. The van der Waals surface area contributed by atoms with E-state index in [4.69, 9.17) is 0 Å². The fourth-order valence-electron chi connectivity index (χ4n) is 2.68. The van der Waals surface area contributed by atoms with Gasteiger partial charge in [-0.05, 0) is 32.0 Å². The van der Waals surface area contributed by atoms with Gasteiger partial charge in [0.1, 0.15) is 0 Å². The summed E-state index contributed by atoms with van der Waals surface area (Å²) in [5.74, 6) is 0.185. The van der Waals surface area contributed by atoms with Crippen molar-refractivity contribution in [3.63, 3.8) is 0 Å². The van der Waals surface area contributed by atoms with Crippen LogP contribution in [0, 0.1) is 0 Å². The van der Waals surface area contributed by atoms with Crippen LogP contribution in [0.15, 0.2) is 30.3 Å². The third-order valence-electron chi connectivity index (χ3n) is 4.14. The molecule has 3 rings (SSSR count). The number of piperazine rings is 1. The number of carbonyl (C=O) groups excluding carboxylic acids is 1. The normalized spacial score (nSPS) is 22.8. The summed E-state index contributed by atoms with van der Waals surface area (Å²) in [6, 6.07) is 9.61. The van der Waals surface area contributed by atoms with Crippen LogP contribution in [0.2, 0.25) is 0 Å². The molecule has 1 aliphatic heterocycles. The Labute approximate surface area is 102 Å². The minimum Gasteiger partial charge on any atom is -0.336 e. The Morgan fingerprint density at radius 1 is 1.18 bits per heavy atom. The molecule has 0 bridgehead atoms. The van der Waals surface area contributed by atoms with Crippen LogP contribution in [0.3, 0.4) is 0 Å². The van der Waals surface area contributed by atoms with E-state index in [1.54, 1.807) is 0 Å². The lowest BCUT2D eigenvalue weighted by molar-refractivity contribution is 0.0497. The van der Waals surface area contributed by atoms with Crippen molar-refractivity contribution < 1.29 is 4.79 Å². The Hall–Kier alpha value is -1.35. The highest BCUT2D eigenvalue weighted by Gasteiger charge is 2.50. The first-order valence-electron chi connectivity index (χ1n) is 6.27. The first-order valence-corrected chi connectivity index (χ1v) is 6.27. The van der Waals surface area contributed by atoms with E-state index in [-0.39, 0.29) is 5.91 Å². The number of likely N-dealkylation sites (N-methyl/N-ethyl adjacent to an activating group) is 1. The Morgan fingerprint density at radius 2 is 1.88 bits per heavy atom. The molecule has 90 valence electrons. The maximum absolute atomic E-state index is 12.3. The standard InChI is InChI=1S/C14H18N2O/c1-15-9-10-16(11-14(15)7-8-14)13(17)12-5-3-2-4-6-12/h2-6H,7-11H2,1H3. The van der Waals surface area contributed by atoms with Crippen molar-refractivity contribution in [1.29, 1.82) is 0 Å². The largest absolute Gasteiger partial charge is 0.336 e. The number of hydrogen-bond acceptors (Lipinski definition) is 2. The van der Waals surface area contributed by atoms with Gasteiger partial charge in [-0.25, -0.2) is 0 Å². The van der Waals surface area contributed by atoms with Crippen molar-refractivity contribution >= 4 is 5.91 Å². The van der Waals surface area contributed by atoms with Crippen LogP contribution in [0.25, 0.3) is 0 Å². The Kier molecular flexibility index (Phi) is 2.44. The van der Waals surface area contributed by atoms with E-state index in [0.717, 1.165) is 25.2 Å². The number of rotatable bonds is 1. The van der Waals surface area contributed by atoms with Gasteiger partial charge in [0.15, 0.2) is 0 Å². The fourth-order valence-corrected chi connectivity index (χ4v) is 2.68. The molecule has 3 nitrogen and oxygen atoms in total. The average Bonchev–Trinajstić information content (AvgIpc) is 3.14. The topological polar surface area (TPSA) is 23.6 Å². The maximum Gasteiger partial charge on any atom is 0.253 e. The first-order chi connectivity index (χ1) is 8.21. The molecule has 1 saturated heterocycles. The smallest absolute Gasteiger partial charge is 0.253 e. The lowest BCUT2D eigenvalue weighted by Gasteiger charge is -2.40. The number of amides is 1. The Morgan fingerprint density at radius 3 is 2.53 bits per heavy atom. The van der Waals surface area contributed by atoms with Crippen molar-refractivity contribution in [3.05, 3.63) is 35.9 Å². The van der Waals surface area contributed by atoms with E-state index in [1.807, 2.05) is 35.2 Å². The molecule has 0 N–H and O–H groups in total. The summed E-state index contributed by atoms with van der Waals surface area (Å²) in [4.78, 5) is 16.8. The predicted octanol–water partition coefficient (Wildman–Crippen LogP) is 1.61. The second kappa shape index (κ2) is 3.84. The van der Waals surface area contributed by atoms with Crippen molar-refractivity contribution in [1.82, 2.24) is 9.80 Å². The molecule has 1 amide bonds. The maximum atomic E-state index is 12.3. The molecular weight excluding hydrogens is 212 g/mol. The van der Waals surface area contributed by atoms with Crippen LogP contribution in [-0.2, 0) is 0 Å². The van der Waals surface area contributed by atoms with Crippen molar-refractivity contribution in [2.45, 2.75) is 18.4 Å². The van der Waals surface area contributed by atoms with Gasteiger partial charge in [0.25, 0.3) is 5.91 Å². The van der Waals surface area contributed by atoms with Gasteiger partial charge in [-0.15, -0.1) is 0 Å². The zero-order chi connectivity index (χ0) is 11.9. The van der Waals surface area contributed by atoms with Gasteiger partial charge in [0.05, 0.1) is 0 Å². The predicted molar refractivity (Wildman–Crippen MR) is 66.9 cm³/mol. The number of carbonyl (C=O) groups is 1. The van der Waals surface area contributed by atoms with E-state index >= 15 is 0 Å². The minimum absolute atomic E-state index is 0.185. The summed E-state index contributed by atoms with van der Waals surface area (Å²) in [6.07, 6.45) is 2.48. The zero-order valence-corrected chi connectivity index (χ0v) is 10.2. The Bertz CT molecular complexity index is 425. The second-order valence-corrected chi connectivity index (χ2v) is 5.24. The molecule has 1 saturated carbocycles. The molecule has 2 fully saturated rings. The van der Waals surface area contributed by atoms with Crippen LogP contribution in [0.1, 0.15) is 23.2 Å². The van der Waals surface area contributed by atoms with Crippen LogP contribution in [-0.4, -0.2) is 47.9 Å². The van der Waals surface area contributed by atoms with E-state index in [1.165, 1.54) is 12.8 Å². The molecule has 1 heterocycles. The molecule has 1 aliphatic carbocycles. The van der Waals surface area contributed by atoms with Gasteiger partial charge in [0.2, 0.25) is 0 Å². The lowest BCUT2D eigenvalue weighted by atomic mass is 10.1. The fraction of sp³-hybridized carbons (Fsp3) is 0.500. The van der Waals surface area contributed by atoms with Crippen molar-refractivity contribution in [2.75, 3.05) is 26.7 Å². The number of benzene rings is 1. The molecule has 1 aromatic rings. The van der Waals surface area contributed by atoms with E-state index in [9.17, 15) is 4.79 Å². The highest BCUT2D eigenvalue weighted by molar-refractivity contribution is 5.94. The first kappa shape index (κ1) is 10.8. The van der Waals surface area contributed by atoms with Crippen LogP contribution in [0.5, 0.6) is 0 Å². The van der Waals surface area contributed by atoms with Gasteiger partial charge in [-0.1, -0.05) is 18.2 Å². The third kappa shape index (κ3) is 1.84. The zero-order valence-electron chi connectivity index (χ0n) is 10.2. The van der Waals surface area contributed by atoms with E-state index in [2.05, 4.69) is 11.9 Å². The van der Waals surface area contributed by atoms with Crippen molar-refractivity contribution in [3.8, 4) is 0 Å². The highest BCUT2D eigenvalue weighted by atomic mass is 16.2. The van der Waals surface area contributed by atoms with E-state index < -0.39 is 0 Å². The molecule has 17 heavy (non-hydrogen) atoms. The van der Waals surface area contributed by atoms with Gasteiger partial charge in [-0.3, -0.25) is 9.69 Å². The molecule has 0 radical (unpaired) electrons. The third-order valence-corrected chi connectivity index (χ3v) is 4.14. The lowest BCUT2D eigenvalue weighted by Crippen LogP contribution is -2.54. The van der Waals surface area contributed by atoms with Crippen LogP contribution < -0.4 is 0 Å². The highest BCUT2D eigenvalue weighted by Crippen LogP contribution is 2.43. The molecule has 0 aromatic heterocycles. The monoisotopic (exact) mass is 230 g/mol. The van der Waals surface area contributed by atoms with Crippen LogP contribution in [0.4, 0.5) is 0 Å². The molecule has 3 heteroatoms. The quantitative estimate of drug-likeness (QED) is 0.731. The van der Waals surface area contributed by atoms with Crippen LogP contribution >= 0.6 is 0 Å². The summed E-state index contributed by atoms with van der Waals surface area (Å²) in [6.45, 7) is 2.75. The summed E-state index contributed by atoms with van der Waals surface area (Å²) >= 11 is 0. The molecule has 1 aromatic carbocycles. The van der Waals surface area contributed by atoms with Gasteiger partial charge >= 0.3 is 0 Å². The summed E-state index contributed by atoms with van der Waals surface area (Å²) in [5.41, 5.74) is 1.12. The summed E-state index contributed by atoms with van der Waals surface area (Å²) in [5, 5.41) is 0. The Balaban J connectivity index is 1.75. The molecule has 0 unspecified atom stereocenters. The molecule has 1 spiro atoms. The minimum atomic E-state index is 0.185. The average molecular weight is 230 g/mol.